The first-order valence-corrected chi connectivity index (χ1v) is 11.5. The number of alkyl halides is 1. The van der Waals surface area contributed by atoms with Crippen molar-refractivity contribution >= 4 is 21.1 Å². The third-order valence-electron chi connectivity index (χ3n) is 5.53. The highest BCUT2D eigenvalue weighted by molar-refractivity contribution is 7.86. The number of halogens is 2. The molecule has 0 radical (unpaired) electrons. The SMILES string of the molecule is CCn1cnc2ccc(Oc3c(F)ccc(C4C(F)CCN4S(N)(=O)=O)c3C#N)cc2c1=O. The lowest BCUT2D eigenvalue weighted by molar-refractivity contribution is 0.261. The highest BCUT2D eigenvalue weighted by atomic mass is 32.2. The molecule has 12 heteroatoms. The maximum Gasteiger partial charge on any atom is 0.277 e. The van der Waals surface area contributed by atoms with Crippen LogP contribution in [0.2, 0.25) is 0 Å². The van der Waals surface area contributed by atoms with Crippen LogP contribution in [0.5, 0.6) is 11.5 Å². The van der Waals surface area contributed by atoms with Crippen LogP contribution < -0.4 is 15.4 Å². The van der Waals surface area contributed by atoms with Gasteiger partial charge in [-0.1, -0.05) is 6.07 Å². The predicted octanol–water partition coefficient (Wildman–Crippen LogP) is 2.51. The average molecular weight is 475 g/mol. The van der Waals surface area contributed by atoms with Crippen LogP contribution in [-0.4, -0.2) is 35.0 Å². The summed E-state index contributed by atoms with van der Waals surface area (Å²) < 4.78 is 61.0. The summed E-state index contributed by atoms with van der Waals surface area (Å²) in [5.41, 5.74) is -0.348. The smallest absolute Gasteiger partial charge is 0.277 e. The minimum Gasteiger partial charge on any atom is -0.453 e. The third kappa shape index (κ3) is 4.06. The van der Waals surface area contributed by atoms with E-state index in [2.05, 4.69) is 4.98 Å². The van der Waals surface area contributed by atoms with Gasteiger partial charge in [-0.3, -0.25) is 9.36 Å². The predicted molar refractivity (Wildman–Crippen MR) is 115 cm³/mol. The van der Waals surface area contributed by atoms with E-state index in [1.165, 1.54) is 29.1 Å². The summed E-state index contributed by atoms with van der Waals surface area (Å²) in [4.78, 5) is 16.8. The number of aryl methyl sites for hydroxylation is 1. The number of rotatable bonds is 5. The zero-order valence-electron chi connectivity index (χ0n) is 17.4. The molecule has 1 aromatic heterocycles. The van der Waals surface area contributed by atoms with Crippen molar-refractivity contribution in [2.45, 2.75) is 32.1 Å². The maximum absolute atomic E-state index is 14.7. The molecule has 0 aliphatic carbocycles. The number of benzene rings is 2. The lowest BCUT2D eigenvalue weighted by Gasteiger charge is -2.24. The van der Waals surface area contributed by atoms with Gasteiger partial charge in [0.1, 0.15) is 23.6 Å². The summed E-state index contributed by atoms with van der Waals surface area (Å²) in [6.07, 6.45) is -0.358. The van der Waals surface area contributed by atoms with Gasteiger partial charge >= 0.3 is 0 Å². The number of nitriles is 1. The molecule has 1 aliphatic heterocycles. The molecule has 0 amide bonds. The van der Waals surface area contributed by atoms with Crippen LogP contribution in [0.3, 0.4) is 0 Å². The van der Waals surface area contributed by atoms with Crippen LogP contribution >= 0.6 is 0 Å². The van der Waals surface area contributed by atoms with Gasteiger partial charge in [0.05, 0.1) is 23.3 Å². The van der Waals surface area contributed by atoms with E-state index in [0.29, 0.717) is 12.1 Å². The van der Waals surface area contributed by atoms with E-state index in [9.17, 15) is 27.3 Å². The van der Waals surface area contributed by atoms with Gasteiger partial charge in [-0.2, -0.15) is 18.0 Å². The van der Waals surface area contributed by atoms with Crippen LogP contribution in [0.4, 0.5) is 8.78 Å². The molecule has 1 saturated heterocycles. The molecular weight excluding hydrogens is 456 g/mol. The van der Waals surface area contributed by atoms with Crippen LogP contribution in [0.25, 0.3) is 10.9 Å². The summed E-state index contributed by atoms with van der Waals surface area (Å²) in [5, 5.41) is 15.2. The number of nitrogens with zero attached hydrogens (tertiary/aromatic N) is 4. The molecule has 172 valence electrons. The number of hydrogen-bond acceptors (Lipinski definition) is 6. The summed E-state index contributed by atoms with van der Waals surface area (Å²) in [5.74, 6) is -1.38. The zero-order valence-corrected chi connectivity index (χ0v) is 18.2. The Hall–Kier alpha value is -3.40. The van der Waals surface area contributed by atoms with Gasteiger partial charge in [0.25, 0.3) is 15.8 Å². The Morgan fingerprint density at radius 2 is 2.09 bits per heavy atom. The first-order valence-electron chi connectivity index (χ1n) is 9.99. The first-order chi connectivity index (χ1) is 15.7. The van der Waals surface area contributed by atoms with E-state index in [-0.39, 0.29) is 40.8 Å². The molecule has 0 saturated carbocycles. The fourth-order valence-electron chi connectivity index (χ4n) is 3.94. The van der Waals surface area contributed by atoms with E-state index >= 15 is 0 Å². The van der Waals surface area contributed by atoms with Crippen molar-refractivity contribution in [3.63, 3.8) is 0 Å². The van der Waals surface area contributed by atoms with Crippen molar-refractivity contribution in [2.75, 3.05) is 6.54 Å². The van der Waals surface area contributed by atoms with Crippen LogP contribution in [-0.2, 0) is 16.8 Å². The molecule has 4 rings (SSSR count). The Bertz CT molecular complexity index is 1450. The van der Waals surface area contributed by atoms with Crippen molar-refractivity contribution in [2.24, 2.45) is 5.14 Å². The molecule has 2 heterocycles. The number of fused-ring (bicyclic) bond motifs is 1. The summed E-state index contributed by atoms with van der Waals surface area (Å²) in [7, 11) is -4.27. The topological polar surface area (TPSA) is 131 Å². The second kappa shape index (κ2) is 8.51. The normalized spacial score (nSPS) is 19.0. The molecule has 1 fully saturated rings. The Morgan fingerprint density at radius 3 is 2.76 bits per heavy atom. The van der Waals surface area contributed by atoms with E-state index in [1.807, 2.05) is 0 Å². The number of nitrogens with two attached hydrogens (primary N) is 1. The largest absolute Gasteiger partial charge is 0.453 e. The van der Waals surface area contributed by atoms with Gasteiger partial charge in [-0.25, -0.2) is 18.9 Å². The van der Waals surface area contributed by atoms with Gasteiger partial charge in [0.15, 0.2) is 11.6 Å². The van der Waals surface area contributed by atoms with Gasteiger partial charge in [-0.15, -0.1) is 0 Å². The molecule has 2 unspecified atom stereocenters. The van der Waals surface area contributed by atoms with Crippen molar-refractivity contribution in [1.82, 2.24) is 13.9 Å². The van der Waals surface area contributed by atoms with Gasteiger partial charge in [-0.05, 0) is 43.2 Å². The van der Waals surface area contributed by atoms with Crippen LogP contribution in [0.15, 0.2) is 41.5 Å². The maximum atomic E-state index is 14.7. The van der Waals surface area contributed by atoms with Crippen molar-refractivity contribution in [1.29, 1.82) is 5.26 Å². The number of hydrogen-bond donors (Lipinski definition) is 1. The van der Waals surface area contributed by atoms with Crippen LogP contribution in [0.1, 0.15) is 30.5 Å². The fraction of sp³-hybridized carbons (Fsp3) is 0.286. The summed E-state index contributed by atoms with van der Waals surface area (Å²) in [6, 6.07) is 6.83. The quantitative estimate of drug-likeness (QED) is 0.603. The number of ether oxygens (including phenoxy) is 1. The standard InChI is InChI=1S/C21H19F2N5O4S/c1-2-27-11-26-18-6-3-12(9-14(18)21(27)29)32-20-15(10-24)13(4-5-17(20)23)19-16(22)7-8-28(19)33(25,30)31/h3-6,9,11,16,19H,2,7-8H2,1H3,(H2,25,30,31). The second-order valence-corrected chi connectivity index (χ2v) is 8.97. The van der Waals surface area contributed by atoms with Gasteiger partial charge < -0.3 is 4.74 Å². The molecule has 9 nitrogen and oxygen atoms in total. The minimum atomic E-state index is -4.27. The zero-order chi connectivity index (χ0) is 23.9. The monoisotopic (exact) mass is 475 g/mol. The first kappa shape index (κ1) is 22.8. The molecule has 33 heavy (non-hydrogen) atoms. The highest BCUT2D eigenvalue weighted by Gasteiger charge is 2.42. The lowest BCUT2D eigenvalue weighted by Crippen LogP contribution is -2.37. The molecule has 2 N–H and O–H groups in total. The molecule has 1 aliphatic rings. The average Bonchev–Trinajstić information content (AvgIpc) is 3.17. The summed E-state index contributed by atoms with van der Waals surface area (Å²) >= 11 is 0. The van der Waals surface area contributed by atoms with Gasteiger partial charge in [0.2, 0.25) is 0 Å². The molecular formula is C21H19F2N5O4S. The summed E-state index contributed by atoms with van der Waals surface area (Å²) in [6.45, 7) is 2.00. The molecule has 2 aromatic carbocycles. The lowest BCUT2D eigenvalue weighted by atomic mass is 9.97. The van der Waals surface area contributed by atoms with Crippen molar-refractivity contribution in [3.05, 3.63) is 64.0 Å². The van der Waals surface area contributed by atoms with E-state index in [0.717, 1.165) is 16.4 Å². The third-order valence-corrected chi connectivity index (χ3v) is 6.60. The van der Waals surface area contributed by atoms with Crippen LogP contribution in [0, 0.1) is 17.1 Å². The Balaban J connectivity index is 1.82. The van der Waals surface area contributed by atoms with E-state index in [1.54, 1.807) is 13.0 Å². The van der Waals surface area contributed by atoms with E-state index in [4.69, 9.17) is 9.88 Å². The molecule has 3 aromatic rings. The Kier molecular flexibility index (Phi) is 5.87. The molecule has 2 atom stereocenters. The van der Waals surface area contributed by atoms with Crippen molar-refractivity contribution < 1.29 is 21.9 Å². The minimum absolute atomic E-state index is 0.0503. The fourth-order valence-corrected chi connectivity index (χ4v) is 4.86. The highest BCUT2D eigenvalue weighted by Crippen LogP contribution is 2.41. The van der Waals surface area contributed by atoms with Gasteiger partial charge in [0, 0.05) is 13.1 Å². The van der Waals surface area contributed by atoms with Crippen molar-refractivity contribution in [3.8, 4) is 17.6 Å². The number of aromatic nitrogens is 2. The molecule has 0 spiro atoms. The van der Waals surface area contributed by atoms with E-state index < -0.39 is 34.0 Å². The Labute approximate surface area is 187 Å². The Morgan fingerprint density at radius 1 is 1.33 bits per heavy atom. The molecule has 0 bridgehead atoms. The second-order valence-electron chi connectivity index (χ2n) is 7.47.